The van der Waals surface area contributed by atoms with Crippen molar-refractivity contribution in [3.63, 3.8) is 0 Å². The zero-order chi connectivity index (χ0) is 15.3. The van der Waals surface area contributed by atoms with Gasteiger partial charge in [-0.1, -0.05) is 35.9 Å². The summed E-state index contributed by atoms with van der Waals surface area (Å²) in [6.07, 6.45) is 4.99. The number of aromatic nitrogens is 2. The van der Waals surface area contributed by atoms with Crippen LogP contribution < -0.4 is 0 Å². The lowest BCUT2D eigenvalue weighted by molar-refractivity contribution is 0.0990. The summed E-state index contributed by atoms with van der Waals surface area (Å²) in [5, 5.41) is 0.588. The fraction of sp³-hybridized carbons (Fsp3) is 0. The second-order valence-electron chi connectivity index (χ2n) is 5.04. The number of allylic oxidation sites excluding steroid dienone is 1. The van der Waals surface area contributed by atoms with Gasteiger partial charge in [0.25, 0.3) is 0 Å². The largest absolute Gasteiger partial charge is 0.305 e. The molecule has 0 saturated carbocycles. The van der Waals surface area contributed by atoms with E-state index >= 15 is 0 Å². The zero-order valence-electron chi connectivity index (χ0n) is 11.3. The minimum atomic E-state index is -0.254. The van der Waals surface area contributed by atoms with Gasteiger partial charge in [-0.05, 0) is 18.2 Å². The van der Waals surface area contributed by atoms with Crippen molar-refractivity contribution in [2.75, 3.05) is 0 Å². The Labute approximate surface area is 130 Å². The molecule has 0 saturated heterocycles. The summed E-state index contributed by atoms with van der Waals surface area (Å²) in [4.78, 5) is 29.0. The van der Waals surface area contributed by atoms with Gasteiger partial charge in [0.1, 0.15) is 5.65 Å². The molecule has 4 rings (SSSR count). The third-order valence-corrected chi connectivity index (χ3v) is 3.85. The Bertz CT molecular complexity index is 948. The van der Waals surface area contributed by atoms with E-state index in [0.29, 0.717) is 27.5 Å². The molecule has 5 heteroatoms. The van der Waals surface area contributed by atoms with E-state index in [0.717, 1.165) is 0 Å². The number of rotatable bonds is 1. The van der Waals surface area contributed by atoms with Gasteiger partial charge in [-0.2, -0.15) is 0 Å². The first kappa shape index (κ1) is 13.0. The lowest BCUT2D eigenvalue weighted by atomic mass is 10.1. The van der Waals surface area contributed by atoms with Crippen LogP contribution in [0.4, 0.5) is 0 Å². The summed E-state index contributed by atoms with van der Waals surface area (Å²) in [5.74, 6) is -0.508. The van der Waals surface area contributed by atoms with Gasteiger partial charge in [-0.15, -0.1) is 0 Å². The highest BCUT2D eigenvalue weighted by atomic mass is 35.5. The highest BCUT2D eigenvalue weighted by molar-refractivity contribution is 6.41. The zero-order valence-corrected chi connectivity index (χ0v) is 12.0. The number of carbonyl (C=O) groups is 2. The van der Waals surface area contributed by atoms with Gasteiger partial charge >= 0.3 is 0 Å². The highest BCUT2D eigenvalue weighted by Gasteiger charge is 2.32. The second-order valence-corrected chi connectivity index (χ2v) is 5.48. The molecule has 0 N–H and O–H groups in total. The Kier molecular flexibility index (Phi) is 2.74. The Morgan fingerprint density at radius 2 is 1.64 bits per heavy atom. The average Bonchev–Trinajstić information content (AvgIpc) is 3.02. The van der Waals surface area contributed by atoms with Crippen molar-refractivity contribution >= 4 is 34.9 Å². The van der Waals surface area contributed by atoms with Crippen LogP contribution in [0.2, 0.25) is 5.02 Å². The quantitative estimate of drug-likeness (QED) is 0.511. The van der Waals surface area contributed by atoms with Crippen LogP contribution in [0.25, 0.3) is 11.7 Å². The molecule has 106 valence electrons. The molecule has 0 fully saturated rings. The molecule has 0 atom stereocenters. The molecular formula is C17H9ClN2O2. The van der Waals surface area contributed by atoms with Crippen LogP contribution >= 0.6 is 11.6 Å². The van der Waals surface area contributed by atoms with Crippen molar-refractivity contribution in [3.8, 4) is 0 Å². The van der Waals surface area contributed by atoms with Crippen LogP contribution in [0, 0.1) is 0 Å². The van der Waals surface area contributed by atoms with Gasteiger partial charge < -0.3 is 4.40 Å². The Hall–Kier alpha value is -2.72. The smallest absolute Gasteiger partial charge is 0.197 e. The molecule has 1 aliphatic rings. The topological polar surface area (TPSA) is 51.4 Å². The van der Waals surface area contributed by atoms with E-state index in [9.17, 15) is 9.59 Å². The third kappa shape index (κ3) is 1.89. The molecule has 0 radical (unpaired) electrons. The number of nitrogens with zero attached hydrogens (tertiary/aromatic N) is 2. The van der Waals surface area contributed by atoms with Crippen LogP contribution in [-0.4, -0.2) is 21.0 Å². The number of ketones is 2. The fourth-order valence-corrected chi connectivity index (χ4v) is 2.77. The van der Waals surface area contributed by atoms with Crippen LogP contribution in [0.3, 0.4) is 0 Å². The van der Waals surface area contributed by atoms with Gasteiger partial charge in [-0.3, -0.25) is 9.59 Å². The minimum absolute atomic E-state index is 0.149. The summed E-state index contributed by atoms with van der Waals surface area (Å²) in [7, 11) is 0. The van der Waals surface area contributed by atoms with Gasteiger partial charge in [-0.25, -0.2) is 4.98 Å². The van der Waals surface area contributed by atoms with Crippen LogP contribution in [0.5, 0.6) is 0 Å². The van der Waals surface area contributed by atoms with E-state index in [1.54, 1.807) is 53.2 Å². The first-order valence-corrected chi connectivity index (χ1v) is 7.06. The highest BCUT2D eigenvalue weighted by Crippen LogP contribution is 2.27. The maximum atomic E-state index is 12.3. The van der Waals surface area contributed by atoms with Crippen molar-refractivity contribution in [1.82, 2.24) is 9.38 Å². The van der Waals surface area contributed by atoms with Crippen molar-refractivity contribution < 1.29 is 9.59 Å². The number of fused-ring (bicyclic) bond motifs is 2. The number of benzene rings is 1. The molecule has 0 amide bonds. The van der Waals surface area contributed by atoms with Crippen LogP contribution in [0.1, 0.15) is 26.4 Å². The molecule has 22 heavy (non-hydrogen) atoms. The number of imidazole rings is 1. The van der Waals surface area contributed by atoms with Gasteiger partial charge in [0.15, 0.2) is 11.6 Å². The summed E-state index contributed by atoms with van der Waals surface area (Å²) in [6.45, 7) is 0. The number of hydrogen-bond donors (Lipinski definition) is 0. The molecule has 1 aliphatic carbocycles. The van der Waals surface area contributed by atoms with Crippen LogP contribution in [0.15, 0.2) is 54.4 Å². The molecule has 4 nitrogen and oxygen atoms in total. The fourth-order valence-electron chi connectivity index (χ4n) is 2.61. The maximum Gasteiger partial charge on any atom is 0.197 e. The molecular weight excluding hydrogens is 300 g/mol. The number of pyridine rings is 1. The SMILES string of the molecule is O=C1C(=Cc2cn3cc(Cl)ccc3n2)C(=O)c2ccccc21. The molecule has 2 aromatic heterocycles. The number of hydrogen-bond acceptors (Lipinski definition) is 3. The predicted octanol–water partition coefficient (Wildman–Crippen LogP) is 3.45. The lowest BCUT2D eigenvalue weighted by Crippen LogP contribution is -2.00. The third-order valence-electron chi connectivity index (χ3n) is 3.63. The van der Waals surface area contributed by atoms with E-state index < -0.39 is 0 Å². The second kappa shape index (κ2) is 4.64. The molecule has 1 aromatic carbocycles. The van der Waals surface area contributed by atoms with Crippen molar-refractivity contribution in [1.29, 1.82) is 0 Å². The van der Waals surface area contributed by atoms with Crippen LogP contribution in [-0.2, 0) is 0 Å². The number of carbonyl (C=O) groups excluding carboxylic acids is 2. The van der Waals surface area contributed by atoms with Gasteiger partial charge in [0.2, 0.25) is 0 Å². The summed E-state index contributed by atoms with van der Waals surface area (Å²) >= 11 is 5.93. The molecule has 2 heterocycles. The first-order valence-electron chi connectivity index (χ1n) is 6.68. The van der Waals surface area contributed by atoms with E-state index in [1.807, 2.05) is 0 Å². The first-order chi connectivity index (χ1) is 10.6. The van der Waals surface area contributed by atoms with E-state index in [2.05, 4.69) is 4.98 Å². The number of halogens is 1. The predicted molar refractivity (Wildman–Crippen MR) is 83.3 cm³/mol. The van der Waals surface area contributed by atoms with Gasteiger partial charge in [0.05, 0.1) is 16.3 Å². The average molecular weight is 309 g/mol. The summed E-state index contributed by atoms with van der Waals surface area (Å²) < 4.78 is 1.76. The molecule has 0 aliphatic heterocycles. The van der Waals surface area contributed by atoms with E-state index in [-0.39, 0.29) is 17.1 Å². The molecule has 0 bridgehead atoms. The Morgan fingerprint density at radius 1 is 0.955 bits per heavy atom. The summed E-state index contributed by atoms with van der Waals surface area (Å²) in [6, 6.07) is 10.3. The van der Waals surface area contributed by atoms with E-state index in [1.165, 1.54) is 6.08 Å². The summed E-state index contributed by atoms with van der Waals surface area (Å²) in [5.41, 5.74) is 2.30. The Balaban J connectivity index is 1.82. The Morgan fingerprint density at radius 3 is 2.32 bits per heavy atom. The molecule has 3 aromatic rings. The molecule has 0 spiro atoms. The number of Topliss-reactive ketones (excluding diaryl/α,β-unsaturated/α-hetero) is 2. The lowest BCUT2D eigenvalue weighted by Gasteiger charge is -1.91. The molecule has 0 unspecified atom stereocenters. The van der Waals surface area contributed by atoms with Crippen molar-refractivity contribution in [2.24, 2.45) is 0 Å². The minimum Gasteiger partial charge on any atom is -0.305 e. The van der Waals surface area contributed by atoms with Crippen molar-refractivity contribution in [2.45, 2.75) is 0 Å². The van der Waals surface area contributed by atoms with Crippen molar-refractivity contribution in [3.05, 3.63) is 76.2 Å². The van der Waals surface area contributed by atoms with Gasteiger partial charge in [0, 0.05) is 23.5 Å². The van der Waals surface area contributed by atoms with E-state index in [4.69, 9.17) is 11.6 Å². The maximum absolute atomic E-state index is 12.3. The normalized spacial score (nSPS) is 13.8. The monoisotopic (exact) mass is 308 g/mol. The standard InChI is InChI=1S/C17H9ClN2O2/c18-10-5-6-15-19-11(9-20(15)8-10)7-14-16(21)12-3-1-2-4-13(12)17(14)22/h1-9H.